The molecular formula is C29H24Cl2N4O3S2. The molecule has 40 heavy (non-hydrogen) atoms. The number of hydrogen-bond acceptors (Lipinski definition) is 6. The number of hydrogen-bond donors (Lipinski definition) is 3. The zero-order valence-corrected chi connectivity index (χ0v) is 24.5. The fraction of sp³-hybridized carbons (Fsp3) is 0.103. The van der Waals surface area contributed by atoms with Crippen molar-refractivity contribution in [3.63, 3.8) is 0 Å². The van der Waals surface area contributed by atoms with Crippen molar-refractivity contribution < 1.29 is 14.4 Å². The number of aromatic nitrogens is 1. The van der Waals surface area contributed by atoms with Crippen LogP contribution in [0.1, 0.15) is 28.5 Å². The van der Waals surface area contributed by atoms with Crippen molar-refractivity contribution in [3.05, 3.63) is 111 Å². The highest BCUT2D eigenvalue weighted by Crippen LogP contribution is 2.29. The summed E-state index contributed by atoms with van der Waals surface area (Å²) >= 11 is 15.2. The van der Waals surface area contributed by atoms with E-state index in [4.69, 9.17) is 23.2 Å². The number of rotatable bonds is 9. The van der Waals surface area contributed by atoms with Gasteiger partial charge in [-0.3, -0.25) is 14.4 Å². The van der Waals surface area contributed by atoms with Gasteiger partial charge in [-0.05, 0) is 61.9 Å². The Morgan fingerprint density at radius 1 is 0.975 bits per heavy atom. The summed E-state index contributed by atoms with van der Waals surface area (Å²) in [6, 6.07) is 20.6. The number of aryl methyl sites for hydroxylation is 1. The van der Waals surface area contributed by atoms with Crippen molar-refractivity contribution >= 4 is 80.9 Å². The molecule has 0 aliphatic heterocycles. The van der Waals surface area contributed by atoms with E-state index in [0.717, 1.165) is 10.6 Å². The molecule has 0 saturated carbocycles. The first-order valence-electron chi connectivity index (χ1n) is 12.0. The number of carbonyl (C=O) groups is 3. The predicted molar refractivity (Wildman–Crippen MR) is 164 cm³/mol. The van der Waals surface area contributed by atoms with E-state index in [1.807, 2.05) is 18.4 Å². The number of amides is 3. The van der Waals surface area contributed by atoms with Gasteiger partial charge in [0.05, 0.1) is 21.0 Å². The minimum absolute atomic E-state index is 0.0254. The van der Waals surface area contributed by atoms with E-state index in [9.17, 15) is 14.4 Å². The molecule has 7 nitrogen and oxygen atoms in total. The third-order valence-corrected chi connectivity index (χ3v) is 8.24. The Hall–Kier alpha value is -3.63. The quantitative estimate of drug-likeness (QED) is 0.136. The molecule has 1 heterocycles. The van der Waals surface area contributed by atoms with Crippen LogP contribution in [-0.4, -0.2) is 28.0 Å². The molecule has 0 bridgehead atoms. The molecule has 1 atom stereocenters. The molecule has 204 valence electrons. The maximum absolute atomic E-state index is 13.4. The van der Waals surface area contributed by atoms with E-state index in [2.05, 4.69) is 20.9 Å². The second-order valence-corrected chi connectivity index (χ2v) is 11.6. The number of thioether (sulfide) groups is 1. The third-order valence-electron chi connectivity index (χ3n) is 5.43. The van der Waals surface area contributed by atoms with Gasteiger partial charge in [-0.1, -0.05) is 59.6 Å². The largest absolute Gasteiger partial charge is 0.321 e. The average Bonchev–Trinajstić information content (AvgIpc) is 3.35. The normalized spacial score (nSPS) is 11.9. The maximum Gasteiger partial charge on any atom is 0.272 e. The Kier molecular flexibility index (Phi) is 10.0. The Morgan fingerprint density at radius 2 is 1.73 bits per heavy atom. The summed E-state index contributed by atoms with van der Waals surface area (Å²) in [6.45, 7) is 3.65. The van der Waals surface area contributed by atoms with E-state index in [1.165, 1.54) is 29.2 Å². The molecular weight excluding hydrogens is 587 g/mol. The lowest BCUT2D eigenvalue weighted by atomic mass is 10.1. The molecule has 0 aliphatic rings. The fourth-order valence-electron chi connectivity index (χ4n) is 3.45. The molecule has 3 amide bonds. The molecule has 1 aromatic heterocycles. The SMILES string of the molecule is Cc1csc(NC(=O)C(C)Sc2cccc(NC(=O)/C(=C\c3cccc(Cl)c3Cl)NC(=O)c3ccccc3)c2)n1. The minimum Gasteiger partial charge on any atom is -0.321 e. The van der Waals surface area contributed by atoms with Gasteiger partial charge in [0.15, 0.2) is 5.13 Å². The van der Waals surface area contributed by atoms with Gasteiger partial charge in [0.1, 0.15) is 5.70 Å². The molecule has 11 heteroatoms. The van der Waals surface area contributed by atoms with Crippen molar-refractivity contribution in [2.75, 3.05) is 10.6 Å². The number of nitrogens with zero attached hydrogens (tertiary/aromatic N) is 1. The van der Waals surface area contributed by atoms with Gasteiger partial charge >= 0.3 is 0 Å². The molecule has 1 unspecified atom stereocenters. The molecule has 0 radical (unpaired) electrons. The second kappa shape index (κ2) is 13.6. The van der Waals surface area contributed by atoms with Gasteiger partial charge < -0.3 is 16.0 Å². The number of benzene rings is 3. The smallest absolute Gasteiger partial charge is 0.272 e. The average molecular weight is 612 g/mol. The predicted octanol–water partition coefficient (Wildman–Crippen LogP) is 7.29. The minimum atomic E-state index is -0.563. The Morgan fingerprint density at radius 3 is 2.45 bits per heavy atom. The van der Waals surface area contributed by atoms with Crippen molar-refractivity contribution in [1.29, 1.82) is 0 Å². The molecule has 0 fully saturated rings. The highest BCUT2D eigenvalue weighted by atomic mass is 35.5. The molecule has 0 aliphatic carbocycles. The van der Waals surface area contributed by atoms with E-state index in [1.54, 1.807) is 73.7 Å². The molecule has 3 N–H and O–H groups in total. The number of anilines is 2. The Balaban J connectivity index is 1.51. The molecule has 0 spiro atoms. The standard InChI is InChI=1S/C29H24Cl2N4O3S2/c1-17-16-39-29(32-17)35-26(36)18(2)40-22-12-7-11-21(15-22)33-28(38)24(14-20-10-6-13-23(30)25(20)31)34-27(37)19-8-4-3-5-9-19/h3-16,18H,1-2H3,(H,33,38)(H,34,37)(H,32,35,36)/b24-14+. The van der Waals surface area contributed by atoms with Crippen LogP contribution in [-0.2, 0) is 9.59 Å². The van der Waals surface area contributed by atoms with Crippen LogP contribution in [0.15, 0.2) is 88.8 Å². The first-order chi connectivity index (χ1) is 19.2. The van der Waals surface area contributed by atoms with Crippen LogP contribution in [0.25, 0.3) is 6.08 Å². The maximum atomic E-state index is 13.4. The van der Waals surface area contributed by atoms with Crippen LogP contribution < -0.4 is 16.0 Å². The lowest BCUT2D eigenvalue weighted by Gasteiger charge is -2.14. The van der Waals surface area contributed by atoms with Crippen LogP contribution in [0.3, 0.4) is 0 Å². The zero-order chi connectivity index (χ0) is 28.6. The number of halogens is 2. The van der Waals surface area contributed by atoms with Gasteiger partial charge in [-0.15, -0.1) is 23.1 Å². The highest BCUT2D eigenvalue weighted by molar-refractivity contribution is 8.00. The Labute approximate surface area is 250 Å². The lowest BCUT2D eigenvalue weighted by Crippen LogP contribution is -2.30. The van der Waals surface area contributed by atoms with Crippen molar-refractivity contribution in [2.24, 2.45) is 0 Å². The molecule has 4 rings (SSSR count). The van der Waals surface area contributed by atoms with Gasteiger partial charge in [0.25, 0.3) is 11.8 Å². The number of nitrogens with one attached hydrogen (secondary N) is 3. The highest BCUT2D eigenvalue weighted by Gasteiger charge is 2.18. The molecule has 4 aromatic rings. The van der Waals surface area contributed by atoms with Crippen LogP contribution in [0.2, 0.25) is 10.0 Å². The monoisotopic (exact) mass is 610 g/mol. The van der Waals surface area contributed by atoms with Crippen molar-refractivity contribution in [1.82, 2.24) is 10.3 Å². The molecule has 0 saturated heterocycles. The van der Waals surface area contributed by atoms with Crippen molar-refractivity contribution in [3.8, 4) is 0 Å². The summed E-state index contributed by atoms with van der Waals surface area (Å²) in [7, 11) is 0. The van der Waals surface area contributed by atoms with Crippen LogP contribution >= 0.6 is 46.3 Å². The van der Waals surface area contributed by atoms with Gasteiger partial charge in [-0.25, -0.2) is 4.98 Å². The van der Waals surface area contributed by atoms with Crippen LogP contribution in [0.5, 0.6) is 0 Å². The summed E-state index contributed by atoms with van der Waals surface area (Å²) in [5, 5.41) is 10.9. The van der Waals surface area contributed by atoms with Crippen LogP contribution in [0.4, 0.5) is 10.8 Å². The first kappa shape index (κ1) is 29.4. The van der Waals surface area contributed by atoms with E-state index in [-0.39, 0.29) is 16.6 Å². The van der Waals surface area contributed by atoms with Gasteiger partial charge in [-0.2, -0.15) is 0 Å². The van der Waals surface area contributed by atoms with E-state index >= 15 is 0 Å². The zero-order valence-electron chi connectivity index (χ0n) is 21.4. The number of carbonyl (C=O) groups excluding carboxylic acids is 3. The third kappa shape index (κ3) is 7.95. The van der Waals surface area contributed by atoms with Gasteiger partial charge in [0.2, 0.25) is 5.91 Å². The fourth-order valence-corrected chi connectivity index (χ4v) is 5.43. The Bertz CT molecular complexity index is 1570. The second-order valence-electron chi connectivity index (χ2n) is 8.55. The molecule has 3 aromatic carbocycles. The van der Waals surface area contributed by atoms with Crippen molar-refractivity contribution in [2.45, 2.75) is 24.0 Å². The summed E-state index contributed by atoms with van der Waals surface area (Å²) in [5.41, 5.74) is 2.15. The van der Waals surface area contributed by atoms with Gasteiger partial charge in [0, 0.05) is 21.5 Å². The topological polar surface area (TPSA) is 100 Å². The van der Waals surface area contributed by atoms with Crippen LogP contribution in [0, 0.1) is 6.92 Å². The summed E-state index contributed by atoms with van der Waals surface area (Å²) in [5.74, 6) is -1.20. The van der Waals surface area contributed by atoms with E-state index < -0.39 is 17.1 Å². The number of thiazole rings is 1. The summed E-state index contributed by atoms with van der Waals surface area (Å²) in [6.07, 6.45) is 1.47. The first-order valence-corrected chi connectivity index (χ1v) is 14.5. The van der Waals surface area contributed by atoms with E-state index in [0.29, 0.717) is 27.0 Å². The summed E-state index contributed by atoms with van der Waals surface area (Å²) < 4.78 is 0. The lowest BCUT2D eigenvalue weighted by molar-refractivity contribution is -0.115. The summed E-state index contributed by atoms with van der Waals surface area (Å²) in [4.78, 5) is 43.9.